The van der Waals surface area contributed by atoms with Crippen molar-refractivity contribution in [2.24, 2.45) is 5.92 Å². The summed E-state index contributed by atoms with van der Waals surface area (Å²) in [5, 5.41) is 11.0. The summed E-state index contributed by atoms with van der Waals surface area (Å²) in [6.07, 6.45) is 0.803. The van der Waals surface area contributed by atoms with E-state index in [-0.39, 0.29) is 29.8 Å². The van der Waals surface area contributed by atoms with E-state index in [4.69, 9.17) is 0 Å². The van der Waals surface area contributed by atoms with Crippen LogP contribution in [0.25, 0.3) is 0 Å². The number of nitrogens with zero attached hydrogens (tertiary/aromatic N) is 2. The summed E-state index contributed by atoms with van der Waals surface area (Å²) in [7, 11) is -2.93. The first kappa shape index (κ1) is 14.7. The predicted octanol–water partition coefficient (Wildman–Crippen LogP) is 1.41. The summed E-state index contributed by atoms with van der Waals surface area (Å²) in [6.45, 7) is 2.02. The van der Waals surface area contributed by atoms with Crippen molar-refractivity contribution in [2.45, 2.75) is 24.1 Å². The number of nitrogens with one attached hydrogen (secondary N) is 1. The molecule has 1 amide bonds. The minimum absolute atomic E-state index is 0.0672. The Hall–Kier alpha value is -0.670. The minimum Gasteiger partial charge on any atom is -0.300 e. The summed E-state index contributed by atoms with van der Waals surface area (Å²) in [4.78, 5) is 11.8. The van der Waals surface area contributed by atoms with E-state index in [1.807, 2.05) is 6.92 Å². The van der Waals surface area contributed by atoms with E-state index in [1.165, 1.54) is 11.3 Å². The van der Waals surface area contributed by atoms with E-state index in [0.717, 1.165) is 10.1 Å². The van der Waals surface area contributed by atoms with Crippen molar-refractivity contribution in [1.29, 1.82) is 0 Å². The van der Waals surface area contributed by atoms with Gasteiger partial charge in [0, 0.05) is 6.42 Å². The second-order valence-corrected chi connectivity index (χ2v) is 9.04. The van der Waals surface area contributed by atoms with Gasteiger partial charge in [-0.05, 0) is 18.1 Å². The van der Waals surface area contributed by atoms with Crippen LogP contribution in [-0.2, 0) is 14.6 Å². The Kier molecular flexibility index (Phi) is 4.80. The Balaban J connectivity index is 1.84. The number of rotatable bonds is 5. The molecule has 6 nitrogen and oxygen atoms in total. The fraction of sp³-hybridized carbons (Fsp3) is 0.700. The molecule has 0 saturated carbocycles. The van der Waals surface area contributed by atoms with Gasteiger partial charge in [-0.1, -0.05) is 30.0 Å². The van der Waals surface area contributed by atoms with E-state index in [2.05, 4.69) is 15.5 Å². The second-order valence-electron chi connectivity index (χ2n) is 4.33. The number of amides is 1. The molecule has 1 atom stereocenters. The van der Waals surface area contributed by atoms with E-state index < -0.39 is 9.84 Å². The lowest BCUT2D eigenvalue weighted by Gasteiger charge is -2.05. The largest absolute Gasteiger partial charge is 0.300 e. The molecule has 0 unspecified atom stereocenters. The summed E-state index contributed by atoms with van der Waals surface area (Å²) in [5.74, 6) is 0.963. The number of aromatic nitrogens is 2. The fourth-order valence-electron chi connectivity index (χ4n) is 1.91. The van der Waals surface area contributed by atoms with Crippen LogP contribution in [0.5, 0.6) is 0 Å². The van der Waals surface area contributed by atoms with Crippen LogP contribution in [0.1, 0.15) is 19.8 Å². The van der Waals surface area contributed by atoms with Crippen molar-refractivity contribution in [1.82, 2.24) is 10.2 Å². The number of hydrogen-bond donors (Lipinski definition) is 1. The van der Waals surface area contributed by atoms with Crippen LogP contribution in [0.15, 0.2) is 4.34 Å². The third kappa shape index (κ3) is 4.43. The maximum absolute atomic E-state index is 11.8. The first-order chi connectivity index (χ1) is 8.98. The molecule has 9 heteroatoms. The molecular formula is C10H15N3O3S3. The van der Waals surface area contributed by atoms with Gasteiger partial charge in [-0.25, -0.2) is 8.42 Å². The predicted molar refractivity (Wildman–Crippen MR) is 76.3 cm³/mol. The Morgan fingerprint density at radius 3 is 2.95 bits per heavy atom. The molecule has 2 heterocycles. The Bertz CT molecular complexity index is 555. The molecule has 1 aliphatic rings. The molecule has 0 radical (unpaired) electrons. The smallest absolute Gasteiger partial charge is 0.226 e. The van der Waals surface area contributed by atoms with Gasteiger partial charge in [0.2, 0.25) is 11.0 Å². The van der Waals surface area contributed by atoms with Crippen LogP contribution in [0, 0.1) is 5.92 Å². The zero-order valence-corrected chi connectivity index (χ0v) is 12.9. The molecular weight excluding hydrogens is 306 g/mol. The lowest BCUT2D eigenvalue weighted by Crippen LogP contribution is -2.17. The minimum atomic E-state index is -2.93. The number of carbonyl (C=O) groups excluding carboxylic acids is 1. The molecule has 0 spiro atoms. The molecule has 1 N–H and O–H groups in total. The van der Waals surface area contributed by atoms with Crippen molar-refractivity contribution in [3.8, 4) is 0 Å². The van der Waals surface area contributed by atoms with Crippen LogP contribution in [0.2, 0.25) is 0 Å². The maximum atomic E-state index is 11.8. The summed E-state index contributed by atoms with van der Waals surface area (Å²) >= 11 is 2.90. The third-order valence-electron chi connectivity index (χ3n) is 2.72. The van der Waals surface area contributed by atoms with Crippen LogP contribution in [0.3, 0.4) is 0 Å². The standard InChI is InChI=1S/C10H15N3O3S3/c1-2-17-10-13-12-9(18-10)11-8(14)5-7-3-4-19(15,16)6-7/h7H,2-6H2,1H3,(H,11,12,14)/t7-/m1/s1. The third-order valence-corrected chi connectivity index (χ3v) is 6.41. The van der Waals surface area contributed by atoms with Crippen LogP contribution < -0.4 is 5.32 Å². The van der Waals surface area contributed by atoms with E-state index in [1.54, 1.807) is 11.8 Å². The highest BCUT2D eigenvalue weighted by Gasteiger charge is 2.29. The van der Waals surface area contributed by atoms with Crippen molar-refractivity contribution in [3.05, 3.63) is 0 Å². The number of anilines is 1. The zero-order chi connectivity index (χ0) is 13.9. The van der Waals surface area contributed by atoms with Crippen LogP contribution >= 0.6 is 23.1 Å². The average molecular weight is 321 g/mol. The molecule has 1 aromatic rings. The van der Waals surface area contributed by atoms with Gasteiger partial charge in [-0.3, -0.25) is 4.79 Å². The topological polar surface area (TPSA) is 89.0 Å². The Morgan fingerprint density at radius 1 is 1.53 bits per heavy atom. The fourth-order valence-corrected chi connectivity index (χ4v) is 5.43. The Morgan fingerprint density at radius 2 is 2.32 bits per heavy atom. The monoisotopic (exact) mass is 321 g/mol. The number of hydrogen-bond acceptors (Lipinski definition) is 7. The summed E-state index contributed by atoms with van der Waals surface area (Å²) in [6, 6.07) is 0. The van der Waals surface area contributed by atoms with Gasteiger partial charge >= 0.3 is 0 Å². The summed E-state index contributed by atoms with van der Waals surface area (Å²) < 4.78 is 23.4. The molecule has 0 aromatic carbocycles. The van der Waals surface area contributed by atoms with E-state index >= 15 is 0 Å². The van der Waals surface area contributed by atoms with Crippen molar-refractivity contribution >= 4 is 44.0 Å². The number of thioether (sulfide) groups is 1. The molecule has 1 aliphatic heterocycles. The molecule has 1 saturated heterocycles. The average Bonchev–Trinajstić information content (AvgIpc) is 2.86. The van der Waals surface area contributed by atoms with Crippen molar-refractivity contribution in [3.63, 3.8) is 0 Å². The molecule has 1 fully saturated rings. The van der Waals surface area contributed by atoms with Gasteiger partial charge in [0.15, 0.2) is 14.2 Å². The van der Waals surface area contributed by atoms with Gasteiger partial charge in [-0.2, -0.15) is 0 Å². The molecule has 106 valence electrons. The highest BCUT2D eigenvalue weighted by atomic mass is 32.2. The van der Waals surface area contributed by atoms with Gasteiger partial charge in [0.1, 0.15) is 0 Å². The second kappa shape index (κ2) is 6.19. The Labute approximate surface area is 120 Å². The first-order valence-electron chi connectivity index (χ1n) is 5.95. The lowest BCUT2D eigenvalue weighted by molar-refractivity contribution is -0.116. The van der Waals surface area contributed by atoms with Gasteiger partial charge in [0.25, 0.3) is 0 Å². The molecule has 0 bridgehead atoms. The van der Waals surface area contributed by atoms with Gasteiger partial charge in [0.05, 0.1) is 11.5 Å². The number of sulfone groups is 1. The van der Waals surface area contributed by atoms with E-state index in [0.29, 0.717) is 11.6 Å². The van der Waals surface area contributed by atoms with Crippen LogP contribution in [-0.4, -0.2) is 41.8 Å². The highest BCUT2D eigenvalue weighted by Crippen LogP contribution is 2.26. The SMILES string of the molecule is CCSc1nnc(NC(=O)C[C@H]2CCS(=O)(=O)C2)s1. The van der Waals surface area contributed by atoms with Crippen LogP contribution in [0.4, 0.5) is 5.13 Å². The zero-order valence-electron chi connectivity index (χ0n) is 10.5. The first-order valence-corrected chi connectivity index (χ1v) is 9.57. The maximum Gasteiger partial charge on any atom is 0.226 e. The lowest BCUT2D eigenvalue weighted by atomic mass is 10.1. The molecule has 1 aromatic heterocycles. The summed E-state index contributed by atoms with van der Waals surface area (Å²) in [5.41, 5.74) is 0. The normalized spacial score (nSPS) is 21.4. The number of carbonyl (C=O) groups is 1. The van der Waals surface area contributed by atoms with Crippen molar-refractivity contribution in [2.75, 3.05) is 22.6 Å². The van der Waals surface area contributed by atoms with E-state index in [9.17, 15) is 13.2 Å². The quantitative estimate of drug-likeness (QED) is 0.651. The van der Waals surface area contributed by atoms with Gasteiger partial charge in [-0.15, -0.1) is 10.2 Å². The molecule has 0 aliphatic carbocycles. The van der Waals surface area contributed by atoms with Crippen molar-refractivity contribution < 1.29 is 13.2 Å². The molecule has 19 heavy (non-hydrogen) atoms. The highest BCUT2D eigenvalue weighted by molar-refractivity contribution is 8.01. The molecule has 2 rings (SSSR count). The van der Waals surface area contributed by atoms with Gasteiger partial charge < -0.3 is 5.32 Å².